The first-order valence-electron chi connectivity index (χ1n) is 7.79. The maximum atomic E-state index is 11.0. The van der Waals surface area contributed by atoms with E-state index in [0.717, 1.165) is 0 Å². The molecule has 2 aliphatic heterocycles. The average molecular weight is 433 g/mol. The summed E-state index contributed by atoms with van der Waals surface area (Å²) in [6.45, 7) is -0.909. The first kappa shape index (κ1) is 23.3. The molecule has 0 unspecified atom stereocenters. The fraction of sp³-hybridized carbons (Fsp3) is 0.917. The molecule has 0 saturated carbocycles. The molecule has 0 radical (unpaired) electrons. The van der Waals surface area contributed by atoms with Gasteiger partial charge in [-0.25, -0.2) is 13.1 Å². The SMILES string of the molecule is O=C([O-])[C@H]1O[C@@H](O[C@H]2[C@H](O)[C@@H](NS(=O)(=O)[O-])[C@@H](O)O[C@@H]2CO)[C@H](O)[C@@H](O)[C@@H]1O. The molecule has 0 aromatic carbocycles. The molecule has 2 saturated heterocycles. The van der Waals surface area contributed by atoms with Gasteiger partial charge in [0.2, 0.25) is 0 Å². The van der Waals surface area contributed by atoms with Gasteiger partial charge in [0, 0.05) is 0 Å². The minimum Gasteiger partial charge on any atom is -0.735 e. The van der Waals surface area contributed by atoms with Crippen molar-refractivity contribution in [3.8, 4) is 0 Å². The third-order valence-electron chi connectivity index (χ3n) is 4.25. The first-order valence-corrected chi connectivity index (χ1v) is 9.19. The molecule has 16 heteroatoms. The van der Waals surface area contributed by atoms with Gasteiger partial charge in [-0.1, -0.05) is 0 Å². The van der Waals surface area contributed by atoms with Crippen LogP contribution in [0.25, 0.3) is 0 Å². The van der Waals surface area contributed by atoms with Gasteiger partial charge in [0.15, 0.2) is 22.9 Å². The summed E-state index contributed by atoms with van der Waals surface area (Å²) in [4.78, 5) is 11.0. The van der Waals surface area contributed by atoms with Crippen LogP contribution in [0.15, 0.2) is 0 Å². The van der Waals surface area contributed by atoms with Gasteiger partial charge in [-0.3, -0.25) is 0 Å². The molecule has 0 aromatic rings. The van der Waals surface area contributed by atoms with Crippen LogP contribution in [0.4, 0.5) is 0 Å². The van der Waals surface area contributed by atoms with Gasteiger partial charge >= 0.3 is 0 Å². The van der Waals surface area contributed by atoms with Crippen LogP contribution in [0.2, 0.25) is 0 Å². The molecule has 0 aromatic heterocycles. The summed E-state index contributed by atoms with van der Waals surface area (Å²) >= 11 is 0. The molecule has 2 heterocycles. The number of hydrogen-bond donors (Lipinski definition) is 7. The summed E-state index contributed by atoms with van der Waals surface area (Å²) in [5.74, 6) is -1.96. The van der Waals surface area contributed by atoms with Gasteiger partial charge < -0.3 is 59.3 Å². The largest absolute Gasteiger partial charge is 0.735 e. The van der Waals surface area contributed by atoms with Crippen LogP contribution >= 0.6 is 0 Å². The smallest absolute Gasteiger partial charge is 0.187 e. The molecule has 2 rings (SSSR count). The van der Waals surface area contributed by atoms with Gasteiger partial charge in [-0.05, 0) is 0 Å². The van der Waals surface area contributed by atoms with Crippen LogP contribution < -0.4 is 9.83 Å². The predicted molar refractivity (Wildman–Crippen MR) is 77.2 cm³/mol. The summed E-state index contributed by atoms with van der Waals surface area (Å²) < 4.78 is 48.7. The number of carboxylic acid groups (broad SMARTS) is 1. The number of ether oxygens (including phenoxy) is 3. The topological polar surface area (TPSA) is 258 Å². The van der Waals surface area contributed by atoms with E-state index in [1.165, 1.54) is 4.72 Å². The third-order valence-corrected chi connectivity index (χ3v) is 4.81. The van der Waals surface area contributed by atoms with Crippen molar-refractivity contribution in [2.75, 3.05) is 6.61 Å². The zero-order valence-corrected chi connectivity index (χ0v) is 14.7. The molecule has 15 nitrogen and oxygen atoms in total. The Labute approximate surface area is 157 Å². The number of carboxylic acids is 1. The summed E-state index contributed by atoms with van der Waals surface area (Å²) in [7, 11) is -5.17. The van der Waals surface area contributed by atoms with Crippen LogP contribution in [0.3, 0.4) is 0 Å². The highest BCUT2D eigenvalue weighted by Gasteiger charge is 2.51. The minimum absolute atomic E-state index is 0.909. The number of carbonyl (C=O) groups excluding carboxylic acids is 1. The normalized spacial score (nSPS) is 45.0. The lowest BCUT2D eigenvalue weighted by atomic mass is 9.96. The van der Waals surface area contributed by atoms with Crippen LogP contribution in [-0.2, 0) is 29.3 Å². The summed E-state index contributed by atoms with van der Waals surface area (Å²) in [5, 5.41) is 69.5. The standard InChI is InChI=1S/C12H21NO14S/c14-1-2-8(4(15)3(11(21)25-2)13-28(22,23)24)26-12-7(18)5(16)6(17)9(27-12)10(19)20/h2-9,11-18,21H,1H2,(H,19,20)(H,22,23,24)/p-2/t2-,3-,4-,5+,6+,7-,8-,9+,11+,12-/m1/s1. The van der Waals surface area contributed by atoms with E-state index in [9.17, 15) is 53.5 Å². The van der Waals surface area contributed by atoms with E-state index in [4.69, 9.17) is 14.2 Å². The average Bonchev–Trinajstić information content (AvgIpc) is 2.59. The second kappa shape index (κ2) is 8.78. The lowest BCUT2D eigenvalue weighted by Gasteiger charge is -2.46. The Morgan fingerprint density at radius 1 is 1.04 bits per heavy atom. The monoisotopic (exact) mass is 433 g/mol. The second-order valence-electron chi connectivity index (χ2n) is 6.15. The predicted octanol–water partition coefficient (Wildman–Crippen LogP) is -7.58. The molecule has 28 heavy (non-hydrogen) atoms. The molecular formula is C12H19NO14S-2. The molecule has 10 atom stereocenters. The van der Waals surface area contributed by atoms with E-state index in [1.807, 2.05) is 0 Å². The van der Waals surface area contributed by atoms with Gasteiger partial charge in [-0.2, -0.15) is 0 Å². The fourth-order valence-electron chi connectivity index (χ4n) is 2.85. The minimum atomic E-state index is -5.17. The highest BCUT2D eigenvalue weighted by Crippen LogP contribution is 2.28. The van der Waals surface area contributed by atoms with Crippen molar-refractivity contribution in [2.24, 2.45) is 0 Å². The van der Waals surface area contributed by atoms with E-state index in [0.29, 0.717) is 0 Å². The van der Waals surface area contributed by atoms with Crippen LogP contribution in [0.1, 0.15) is 0 Å². The third kappa shape index (κ3) is 4.93. The maximum Gasteiger partial charge on any atom is 0.187 e. The molecule has 164 valence electrons. The number of aliphatic hydroxyl groups is 6. The number of nitrogens with one attached hydrogen (secondary N) is 1. The Bertz CT molecular complexity index is 659. The summed E-state index contributed by atoms with van der Waals surface area (Å²) in [5.41, 5.74) is 0. The van der Waals surface area contributed by atoms with E-state index < -0.39 is 84.2 Å². The van der Waals surface area contributed by atoms with Gasteiger partial charge in [0.1, 0.15) is 48.8 Å². The van der Waals surface area contributed by atoms with E-state index in [1.54, 1.807) is 0 Å². The Morgan fingerprint density at radius 2 is 1.64 bits per heavy atom. The van der Waals surface area contributed by atoms with Crippen molar-refractivity contribution < 1.29 is 67.7 Å². The molecule has 0 amide bonds. The number of carbonyl (C=O) groups is 1. The lowest BCUT2D eigenvalue weighted by molar-refractivity contribution is -0.365. The van der Waals surface area contributed by atoms with Gasteiger partial charge in [0.05, 0.1) is 12.6 Å². The highest BCUT2D eigenvalue weighted by molar-refractivity contribution is 7.83. The van der Waals surface area contributed by atoms with Crippen LogP contribution in [-0.4, -0.2) is 118 Å². The quantitative estimate of drug-likeness (QED) is 0.192. The van der Waals surface area contributed by atoms with Crippen LogP contribution in [0, 0.1) is 0 Å². The van der Waals surface area contributed by atoms with Crippen molar-refractivity contribution in [1.82, 2.24) is 4.72 Å². The van der Waals surface area contributed by atoms with Crippen molar-refractivity contribution in [3.05, 3.63) is 0 Å². The maximum absolute atomic E-state index is 11.0. The Hall–Kier alpha value is -1.02. The van der Waals surface area contributed by atoms with Crippen molar-refractivity contribution in [1.29, 1.82) is 0 Å². The van der Waals surface area contributed by atoms with Gasteiger partial charge in [0.25, 0.3) is 0 Å². The zero-order chi connectivity index (χ0) is 21.4. The number of aliphatic hydroxyl groups excluding tert-OH is 6. The molecule has 0 spiro atoms. The Morgan fingerprint density at radius 3 is 2.14 bits per heavy atom. The zero-order valence-electron chi connectivity index (χ0n) is 13.8. The number of rotatable bonds is 6. The van der Waals surface area contributed by atoms with E-state index in [-0.39, 0.29) is 0 Å². The van der Waals surface area contributed by atoms with E-state index in [2.05, 4.69) is 0 Å². The number of aliphatic carboxylic acids is 1. The Balaban J connectivity index is 2.23. The van der Waals surface area contributed by atoms with Crippen molar-refractivity contribution >= 4 is 16.3 Å². The van der Waals surface area contributed by atoms with Crippen molar-refractivity contribution in [3.63, 3.8) is 0 Å². The molecule has 0 aliphatic carbocycles. The summed E-state index contributed by atoms with van der Waals surface area (Å²) in [6, 6.07) is -1.96. The molecular weight excluding hydrogens is 414 g/mol. The lowest BCUT2D eigenvalue weighted by Crippen LogP contribution is -2.68. The summed E-state index contributed by atoms with van der Waals surface area (Å²) in [6.07, 6.45) is -17.8. The highest BCUT2D eigenvalue weighted by atomic mass is 32.2. The molecule has 7 N–H and O–H groups in total. The molecule has 2 fully saturated rings. The number of hydrogen-bond acceptors (Lipinski definition) is 14. The van der Waals surface area contributed by atoms with E-state index >= 15 is 0 Å². The molecule has 2 aliphatic rings. The fourth-order valence-corrected chi connectivity index (χ4v) is 3.44. The molecule has 0 bridgehead atoms. The first-order chi connectivity index (χ1) is 12.9. The van der Waals surface area contributed by atoms with Crippen molar-refractivity contribution in [2.45, 2.75) is 61.3 Å². The van der Waals surface area contributed by atoms with Gasteiger partial charge in [-0.15, -0.1) is 0 Å². The van der Waals surface area contributed by atoms with Crippen LogP contribution in [0.5, 0.6) is 0 Å². The second-order valence-corrected chi connectivity index (χ2v) is 7.30. The Kier molecular flexibility index (Phi) is 7.29.